The molecule has 1 N–H and O–H groups in total. The third kappa shape index (κ3) is 2.54. The first-order valence-corrected chi connectivity index (χ1v) is 7.52. The van der Waals surface area contributed by atoms with Crippen LogP contribution in [0.5, 0.6) is 5.75 Å². The summed E-state index contributed by atoms with van der Waals surface area (Å²) >= 11 is 0. The van der Waals surface area contributed by atoms with Crippen molar-refractivity contribution in [1.82, 2.24) is 10.2 Å². The van der Waals surface area contributed by atoms with Crippen LogP contribution >= 0.6 is 0 Å². The van der Waals surface area contributed by atoms with E-state index in [1.54, 1.807) is 7.11 Å². The highest BCUT2D eigenvalue weighted by atomic mass is 19.1. The SMILES string of the molecule is COc1ccc(C(C)NC2CCN3CCCC23)c(F)c1. The van der Waals surface area contributed by atoms with Gasteiger partial charge in [-0.25, -0.2) is 4.39 Å². The molecule has 2 aliphatic rings. The first-order chi connectivity index (χ1) is 9.69. The molecule has 0 aliphatic carbocycles. The number of benzene rings is 1. The Hall–Kier alpha value is -1.13. The molecular formula is C16H23FN2O. The molecule has 0 amide bonds. The lowest BCUT2D eigenvalue weighted by atomic mass is 10.0. The summed E-state index contributed by atoms with van der Waals surface area (Å²) in [6, 6.07) is 6.30. The Morgan fingerprint density at radius 3 is 2.95 bits per heavy atom. The lowest BCUT2D eigenvalue weighted by molar-refractivity contribution is 0.290. The van der Waals surface area contributed by atoms with Gasteiger partial charge in [-0.1, -0.05) is 6.07 Å². The van der Waals surface area contributed by atoms with E-state index >= 15 is 0 Å². The van der Waals surface area contributed by atoms with Gasteiger partial charge in [-0.3, -0.25) is 4.90 Å². The van der Waals surface area contributed by atoms with Gasteiger partial charge < -0.3 is 10.1 Å². The third-order valence-corrected chi connectivity index (χ3v) is 4.74. The van der Waals surface area contributed by atoms with Gasteiger partial charge in [0.2, 0.25) is 0 Å². The van der Waals surface area contributed by atoms with Crippen molar-refractivity contribution in [2.75, 3.05) is 20.2 Å². The zero-order valence-electron chi connectivity index (χ0n) is 12.2. The first kappa shape index (κ1) is 13.8. The quantitative estimate of drug-likeness (QED) is 0.916. The molecule has 2 heterocycles. The van der Waals surface area contributed by atoms with Crippen LogP contribution in [0.1, 0.15) is 37.8 Å². The van der Waals surface area contributed by atoms with E-state index in [1.807, 2.05) is 19.1 Å². The lowest BCUT2D eigenvalue weighted by Gasteiger charge is -2.25. The third-order valence-electron chi connectivity index (χ3n) is 4.74. The fraction of sp³-hybridized carbons (Fsp3) is 0.625. The molecule has 1 aromatic carbocycles. The summed E-state index contributed by atoms with van der Waals surface area (Å²) in [4.78, 5) is 2.56. The maximum absolute atomic E-state index is 14.1. The number of nitrogens with one attached hydrogen (secondary N) is 1. The number of methoxy groups -OCH3 is 1. The highest BCUT2D eigenvalue weighted by molar-refractivity contribution is 5.30. The van der Waals surface area contributed by atoms with Gasteiger partial charge in [0, 0.05) is 36.3 Å². The van der Waals surface area contributed by atoms with E-state index in [0.29, 0.717) is 17.8 Å². The minimum absolute atomic E-state index is 0.0338. The summed E-state index contributed by atoms with van der Waals surface area (Å²) in [5, 5.41) is 3.62. The zero-order chi connectivity index (χ0) is 14.1. The van der Waals surface area contributed by atoms with E-state index in [4.69, 9.17) is 4.74 Å². The topological polar surface area (TPSA) is 24.5 Å². The van der Waals surface area contributed by atoms with Gasteiger partial charge in [-0.2, -0.15) is 0 Å². The van der Waals surface area contributed by atoms with Crippen LogP contribution in [0.15, 0.2) is 18.2 Å². The number of rotatable bonds is 4. The minimum Gasteiger partial charge on any atom is -0.497 e. The summed E-state index contributed by atoms with van der Waals surface area (Å²) in [5.74, 6) is 0.381. The standard InChI is InChI=1S/C16H23FN2O/c1-11(13-6-5-12(20-2)10-14(13)17)18-15-7-9-19-8-3-4-16(15)19/h5-6,10-11,15-16,18H,3-4,7-9H2,1-2H3. The van der Waals surface area contributed by atoms with Crippen molar-refractivity contribution in [2.24, 2.45) is 0 Å². The smallest absolute Gasteiger partial charge is 0.131 e. The van der Waals surface area contributed by atoms with Gasteiger partial charge in [0.25, 0.3) is 0 Å². The average Bonchev–Trinajstić information content (AvgIpc) is 3.03. The summed E-state index contributed by atoms with van der Waals surface area (Å²) in [6.07, 6.45) is 3.75. The molecule has 0 bridgehead atoms. The molecular weight excluding hydrogens is 255 g/mol. The number of halogens is 1. The first-order valence-electron chi connectivity index (χ1n) is 7.52. The van der Waals surface area contributed by atoms with Crippen molar-refractivity contribution in [2.45, 2.75) is 44.3 Å². The van der Waals surface area contributed by atoms with Crippen molar-refractivity contribution in [1.29, 1.82) is 0 Å². The molecule has 1 aromatic rings. The molecule has 2 fully saturated rings. The van der Waals surface area contributed by atoms with E-state index in [2.05, 4.69) is 10.2 Å². The van der Waals surface area contributed by atoms with Crippen LogP contribution in [0.4, 0.5) is 4.39 Å². The summed E-state index contributed by atoms with van der Waals surface area (Å²) in [5.41, 5.74) is 0.724. The molecule has 4 heteroatoms. The molecule has 20 heavy (non-hydrogen) atoms. The van der Waals surface area contributed by atoms with Crippen molar-refractivity contribution >= 4 is 0 Å². The monoisotopic (exact) mass is 278 g/mol. The Balaban J connectivity index is 1.68. The molecule has 2 aliphatic heterocycles. The zero-order valence-corrected chi connectivity index (χ0v) is 12.2. The Labute approximate surface area is 120 Å². The van der Waals surface area contributed by atoms with E-state index in [-0.39, 0.29) is 11.9 Å². The summed E-state index contributed by atoms with van der Waals surface area (Å²) < 4.78 is 19.2. The van der Waals surface area contributed by atoms with E-state index in [0.717, 1.165) is 5.56 Å². The molecule has 3 rings (SSSR count). The van der Waals surface area contributed by atoms with Crippen LogP contribution < -0.4 is 10.1 Å². The normalized spacial score (nSPS) is 27.6. The summed E-state index contributed by atoms with van der Waals surface area (Å²) in [7, 11) is 1.56. The fourth-order valence-electron chi connectivity index (χ4n) is 3.67. The van der Waals surface area contributed by atoms with Crippen molar-refractivity contribution in [3.8, 4) is 5.75 Å². The fourth-order valence-corrected chi connectivity index (χ4v) is 3.67. The van der Waals surface area contributed by atoms with E-state index in [1.165, 1.54) is 38.4 Å². The Kier molecular flexibility index (Phi) is 3.94. The molecule has 3 nitrogen and oxygen atoms in total. The Morgan fingerprint density at radius 2 is 2.20 bits per heavy atom. The predicted octanol–water partition coefficient (Wildman–Crippen LogP) is 2.72. The van der Waals surface area contributed by atoms with Crippen LogP contribution in [0, 0.1) is 5.82 Å². The van der Waals surface area contributed by atoms with E-state index < -0.39 is 0 Å². The van der Waals surface area contributed by atoms with Crippen LogP contribution in [0.3, 0.4) is 0 Å². The molecule has 2 saturated heterocycles. The second-order valence-corrected chi connectivity index (χ2v) is 5.92. The minimum atomic E-state index is -0.189. The van der Waals surface area contributed by atoms with Gasteiger partial charge >= 0.3 is 0 Å². The van der Waals surface area contributed by atoms with Crippen molar-refractivity contribution in [3.63, 3.8) is 0 Å². The maximum atomic E-state index is 14.1. The van der Waals surface area contributed by atoms with Crippen molar-refractivity contribution < 1.29 is 9.13 Å². The molecule has 3 unspecified atom stereocenters. The second-order valence-electron chi connectivity index (χ2n) is 5.92. The second kappa shape index (κ2) is 5.70. The average molecular weight is 278 g/mol. The molecule has 0 spiro atoms. The number of hydrogen-bond acceptors (Lipinski definition) is 3. The van der Waals surface area contributed by atoms with Gasteiger partial charge in [0.1, 0.15) is 11.6 Å². The van der Waals surface area contributed by atoms with Gasteiger partial charge in [0.15, 0.2) is 0 Å². The lowest BCUT2D eigenvalue weighted by Crippen LogP contribution is -2.40. The molecule has 0 saturated carbocycles. The van der Waals surface area contributed by atoms with Crippen molar-refractivity contribution in [3.05, 3.63) is 29.6 Å². The Morgan fingerprint density at radius 1 is 1.35 bits per heavy atom. The van der Waals surface area contributed by atoms with Gasteiger partial charge in [0.05, 0.1) is 7.11 Å². The highest BCUT2D eigenvalue weighted by Crippen LogP contribution is 2.30. The maximum Gasteiger partial charge on any atom is 0.131 e. The van der Waals surface area contributed by atoms with Crippen LogP contribution in [0.25, 0.3) is 0 Å². The van der Waals surface area contributed by atoms with Gasteiger partial charge in [-0.15, -0.1) is 0 Å². The predicted molar refractivity (Wildman–Crippen MR) is 77.5 cm³/mol. The Bertz CT molecular complexity index is 480. The van der Waals surface area contributed by atoms with E-state index in [9.17, 15) is 4.39 Å². The number of nitrogens with zero attached hydrogens (tertiary/aromatic N) is 1. The van der Waals surface area contributed by atoms with Gasteiger partial charge in [-0.05, 0) is 38.8 Å². The number of fused-ring (bicyclic) bond motifs is 1. The number of hydrogen-bond donors (Lipinski definition) is 1. The molecule has 3 atom stereocenters. The molecule has 0 aromatic heterocycles. The molecule has 110 valence electrons. The van der Waals surface area contributed by atoms with Crippen LogP contribution in [-0.2, 0) is 0 Å². The summed E-state index contributed by atoms with van der Waals surface area (Å²) in [6.45, 7) is 4.46. The molecule has 0 radical (unpaired) electrons. The highest BCUT2D eigenvalue weighted by Gasteiger charge is 2.37. The van der Waals surface area contributed by atoms with Crippen LogP contribution in [-0.4, -0.2) is 37.2 Å². The largest absolute Gasteiger partial charge is 0.497 e. The van der Waals surface area contributed by atoms with Crippen LogP contribution in [0.2, 0.25) is 0 Å². The number of ether oxygens (including phenoxy) is 1.